The Labute approximate surface area is 101 Å². The highest BCUT2D eigenvalue weighted by Crippen LogP contribution is 2.36. The molecule has 0 atom stereocenters. The maximum atomic E-state index is 11.8. The molecule has 1 aromatic carbocycles. The first-order valence-electron chi connectivity index (χ1n) is 5.96. The number of aryl methyl sites for hydroxylation is 3. The van der Waals surface area contributed by atoms with Crippen LogP contribution in [0.1, 0.15) is 28.5 Å². The summed E-state index contributed by atoms with van der Waals surface area (Å²) in [4.78, 5) is 11.8. The van der Waals surface area contributed by atoms with Crippen LogP contribution >= 0.6 is 0 Å². The number of benzene rings is 1. The van der Waals surface area contributed by atoms with Gasteiger partial charge in [-0.1, -0.05) is 24.3 Å². The molecule has 0 fully saturated rings. The van der Waals surface area contributed by atoms with E-state index in [1.54, 1.807) is 6.92 Å². The summed E-state index contributed by atoms with van der Waals surface area (Å²) in [6.45, 7) is 1.65. The quantitative estimate of drug-likeness (QED) is 0.684. The standard InChI is InChI=1S/C15H15NO/c1-10(17)15-14-12(9-16(15)2)8-7-11-5-3-4-6-13(11)14/h3-6,9H,7-8H2,1-2H3. The van der Waals surface area contributed by atoms with E-state index in [2.05, 4.69) is 24.4 Å². The zero-order valence-corrected chi connectivity index (χ0v) is 10.2. The van der Waals surface area contributed by atoms with Gasteiger partial charge in [0.05, 0.1) is 5.69 Å². The lowest BCUT2D eigenvalue weighted by Crippen LogP contribution is -2.06. The maximum Gasteiger partial charge on any atom is 0.176 e. The molecule has 0 unspecified atom stereocenters. The van der Waals surface area contributed by atoms with E-state index in [1.165, 1.54) is 16.7 Å². The Morgan fingerprint density at radius 1 is 1.18 bits per heavy atom. The molecule has 2 aromatic rings. The summed E-state index contributed by atoms with van der Waals surface area (Å²) in [5.74, 6) is 0.144. The molecule has 17 heavy (non-hydrogen) atoms. The molecule has 0 aliphatic heterocycles. The van der Waals surface area contributed by atoms with Gasteiger partial charge in [-0.25, -0.2) is 0 Å². The fourth-order valence-electron chi connectivity index (χ4n) is 2.86. The summed E-state index contributed by atoms with van der Waals surface area (Å²) in [5.41, 5.74) is 5.89. The third-order valence-corrected chi connectivity index (χ3v) is 3.54. The highest BCUT2D eigenvalue weighted by molar-refractivity contribution is 6.01. The molecule has 0 radical (unpaired) electrons. The second kappa shape index (κ2) is 3.59. The molecule has 1 aliphatic carbocycles. The van der Waals surface area contributed by atoms with Gasteiger partial charge in [0, 0.05) is 25.7 Å². The van der Waals surface area contributed by atoms with Crippen LogP contribution in [0.5, 0.6) is 0 Å². The highest BCUT2D eigenvalue weighted by atomic mass is 16.1. The predicted molar refractivity (Wildman–Crippen MR) is 68.3 cm³/mol. The van der Waals surface area contributed by atoms with Crippen LogP contribution < -0.4 is 0 Å². The Morgan fingerprint density at radius 3 is 2.65 bits per heavy atom. The number of aromatic nitrogens is 1. The summed E-state index contributed by atoms with van der Waals surface area (Å²) >= 11 is 0. The van der Waals surface area contributed by atoms with E-state index in [4.69, 9.17) is 0 Å². The van der Waals surface area contributed by atoms with Crippen molar-refractivity contribution in [3.63, 3.8) is 0 Å². The largest absolute Gasteiger partial charge is 0.347 e. The lowest BCUT2D eigenvalue weighted by molar-refractivity contribution is 0.101. The first-order valence-corrected chi connectivity index (χ1v) is 5.96. The molecule has 1 aliphatic rings. The molecule has 0 N–H and O–H groups in total. The third-order valence-electron chi connectivity index (χ3n) is 3.54. The molecule has 1 aromatic heterocycles. The average molecular weight is 225 g/mol. The van der Waals surface area contributed by atoms with Crippen molar-refractivity contribution in [3.8, 4) is 11.1 Å². The number of hydrogen-bond acceptors (Lipinski definition) is 1. The lowest BCUT2D eigenvalue weighted by atomic mass is 9.86. The van der Waals surface area contributed by atoms with Crippen LogP contribution in [0, 0.1) is 0 Å². The van der Waals surface area contributed by atoms with Gasteiger partial charge in [-0.3, -0.25) is 4.79 Å². The van der Waals surface area contributed by atoms with Crippen molar-refractivity contribution in [3.05, 3.63) is 47.3 Å². The second-order valence-electron chi connectivity index (χ2n) is 4.70. The number of fused-ring (bicyclic) bond motifs is 3. The molecule has 2 heteroatoms. The molecule has 2 nitrogen and oxygen atoms in total. The third kappa shape index (κ3) is 1.44. The molecule has 0 spiro atoms. The van der Waals surface area contributed by atoms with E-state index in [0.29, 0.717) is 0 Å². The summed E-state index contributed by atoms with van der Waals surface area (Å²) in [6.07, 6.45) is 4.21. The van der Waals surface area contributed by atoms with Gasteiger partial charge in [-0.15, -0.1) is 0 Å². The highest BCUT2D eigenvalue weighted by Gasteiger charge is 2.23. The molecule has 1 heterocycles. The van der Waals surface area contributed by atoms with Crippen LogP contribution in [0.3, 0.4) is 0 Å². The number of Topliss-reactive ketones (excluding diaryl/α,β-unsaturated/α-hetero) is 1. The molecular formula is C15H15NO. The van der Waals surface area contributed by atoms with Gasteiger partial charge in [0.25, 0.3) is 0 Å². The number of carbonyl (C=O) groups is 1. The topological polar surface area (TPSA) is 22.0 Å². The molecule has 0 saturated carbocycles. The van der Waals surface area contributed by atoms with Crippen molar-refractivity contribution >= 4 is 5.78 Å². The van der Waals surface area contributed by atoms with Crippen molar-refractivity contribution in [2.75, 3.05) is 0 Å². The van der Waals surface area contributed by atoms with Crippen molar-refractivity contribution in [2.24, 2.45) is 7.05 Å². The van der Waals surface area contributed by atoms with E-state index >= 15 is 0 Å². The molecule has 3 rings (SSSR count). The Morgan fingerprint density at radius 2 is 1.88 bits per heavy atom. The predicted octanol–water partition coefficient (Wildman–Crippen LogP) is 2.99. The normalized spacial score (nSPS) is 13.1. The van der Waals surface area contributed by atoms with Crippen molar-refractivity contribution in [1.82, 2.24) is 4.57 Å². The summed E-state index contributed by atoms with van der Waals surface area (Å²) < 4.78 is 1.97. The van der Waals surface area contributed by atoms with Gasteiger partial charge in [-0.05, 0) is 29.5 Å². The van der Waals surface area contributed by atoms with Crippen LogP contribution in [0.15, 0.2) is 30.5 Å². The number of nitrogens with zero attached hydrogens (tertiary/aromatic N) is 1. The van der Waals surface area contributed by atoms with Gasteiger partial charge in [-0.2, -0.15) is 0 Å². The Balaban J connectivity index is 2.34. The molecule has 86 valence electrons. The molecule has 0 saturated heterocycles. The monoisotopic (exact) mass is 225 g/mol. The minimum Gasteiger partial charge on any atom is -0.347 e. The fraction of sp³-hybridized carbons (Fsp3) is 0.267. The van der Waals surface area contributed by atoms with Gasteiger partial charge in [0.1, 0.15) is 0 Å². The number of ketones is 1. The second-order valence-corrected chi connectivity index (χ2v) is 4.70. The van der Waals surface area contributed by atoms with Gasteiger partial charge in [0.2, 0.25) is 0 Å². The van der Waals surface area contributed by atoms with E-state index in [1.807, 2.05) is 17.7 Å². The Bertz CT molecular complexity index is 607. The lowest BCUT2D eigenvalue weighted by Gasteiger charge is -2.17. The first-order chi connectivity index (χ1) is 8.18. The number of rotatable bonds is 1. The zero-order valence-electron chi connectivity index (χ0n) is 10.2. The minimum absolute atomic E-state index is 0.144. The average Bonchev–Trinajstić information content (AvgIpc) is 2.65. The summed E-state index contributed by atoms with van der Waals surface area (Å²) in [7, 11) is 1.96. The van der Waals surface area contributed by atoms with Gasteiger partial charge >= 0.3 is 0 Å². The SMILES string of the molecule is CC(=O)c1c2c(cn1C)CCc1ccccc1-2. The summed E-state index contributed by atoms with van der Waals surface area (Å²) in [6, 6.07) is 8.40. The molecular weight excluding hydrogens is 210 g/mol. The Hall–Kier alpha value is -1.83. The van der Waals surface area contributed by atoms with E-state index in [0.717, 1.165) is 24.1 Å². The van der Waals surface area contributed by atoms with Crippen molar-refractivity contribution < 1.29 is 4.79 Å². The van der Waals surface area contributed by atoms with Crippen molar-refractivity contribution in [2.45, 2.75) is 19.8 Å². The van der Waals surface area contributed by atoms with Gasteiger partial charge in [0.15, 0.2) is 5.78 Å². The zero-order chi connectivity index (χ0) is 12.0. The van der Waals surface area contributed by atoms with Crippen LogP contribution in [0.4, 0.5) is 0 Å². The maximum absolute atomic E-state index is 11.8. The molecule has 0 amide bonds. The van der Waals surface area contributed by atoms with Crippen molar-refractivity contribution in [1.29, 1.82) is 0 Å². The summed E-state index contributed by atoms with van der Waals surface area (Å²) in [5, 5.41) is 0. The van der Waals surface area contributed by atoms with Crippen LogP contribution in [-0.2, 0) is 19.9 Å². The van der Waals surface area contributed by atoms with Crippen LogP contribution in [-0.4, -0.2) is 10.4 Å². The molecule has 0 bridgehead atoms. The smallest absolute Gasteiger partial charge is 0.176 e. The fourth-order valence-corrected chi connectivity index (χ4v) is 2.86. The van der Waals surface area contributed by atoms with E-state index in [9.17, 15) is 4.79 Å². The number of hydrogen-bond donors (Lipinski definition) is 0. The number of carbonyl (C=O) groups excluding carboxylic acids is 1. The first kappa shape index (κ1) is 10.3. The Kier molecular flexibility index (Phi) is 2.18. The van der Waals surface area contributed by atoms with E-state index < -0.39 is 0 Å². The van der Waals surface area contributed by atoms with Crippen LogP contribution in [0.25, 0.3) is 11.1 Å². The minimum atomic E-state index is 0.144. The van der Waals surface area contributed by atoms with Crippen LogP contribution in [0.2, 0.25) is 0 Å². The van der Waals surface area contributed by atoms with E-state index in [-0.39, 0.29) is 5.78 Å². The van der Waals surface area contributed by atoms with Gasteiger partial charge < -0.3 is 4.57 Å².